The number of amidine groups is 1. The zero-order valence-electron chi connectivity index (χ0n) is 18.5. The lowest BCUT2D eigenvalue weighted by atomic mass is 10.0. The number of epoxide rings is 1. The zero-order chi connectivity index (χ0) is 22.2. The summed E-state index contributed by atoms with van der Waals surface area (Å²) in [5.74, 6) is 1.08. The third-order valence-corrected chi connectivity index (χ3v) is 7.79. The molecule has 3 aliphatic rings. The Balaban J connectivity index is 1.14. The number of para-hydroxylation sites is 1. The summed E-state index contributed by atoms with van der Waals surface area (Å²) >= 11 is 1.81. The molecule has 3 aromatic rings. The monoisotopic (exact) mass is 456 g/mol. The van der Waals surface area contributed by atoms with E-state index >= 15 is 0 Å². The van der Waals surface area contributed by atoms with Crippen LogP contribution >= 0.6 is 11.8 Å². The molecule has 33 heavy (non-hydrogen) atoms. The summed E-state index contributed by atoms with van der Waals surface area (Å²) in [5, 5.41) is 0. The first-order valence-corrected chi connectivity index (χ1v) is 12.5. The lowest BCUT2D eigenvalue weighted by molar-refractivity contribution is 0.123. The van der Waals surface area contributed by atoms with Crippen molar-refractivity contribution < 1.29 is 4.74 Å². The second kappa shape index (κ2) is 8.95. The molecular weight excluding hydrogens is 428 g/mol. The summed E-state index contributed by atoms with van der Waals surface area (Å²) in [6, 6.07) is 27.5. The van der Waals surface area contributed by atoms with Crippen LogP contribution in [0.1, 0.15) is 11.1 Å². The smallest absolute Gasteiger partial charge is 0.139 e. The highest BCUT2D eigenvalue weighted by molar-refractivity contribution is 7.99. The number of piperazine rings is 1. The fourth-order valence-corrected chi connectivity index (χ4v) is 5.84. The molecule has 0 amide bonds. The molecule has 3 heterocycles. The van der Waals surface area contributed by atoms with Crippen LogP contribution in [0, 0.1) is 0 Å². The van der Waals surface area contributed by atoms with Crippen LogP contribution in [0.15, 0.2) is 93.6 Å². The molecule has 3 aliphatic heterocycles. The molecule has 6 heteroatoms. The summed E-state index contributed by atoms with van der Waals surface area (Å²) in [7, 11) is 0. The van der Waals surface area contributed by atoms with Gasteiger partial charge >= 0.3 is 0 Å². The minimum absolute atomic E-state index is 0.0297. The topological polar surface area (TPSA) is 57.4 Å². The summed E-state index contributed by atoms with van der Waals surface area (Å²) in [6.45, 7) is 3.77. The highest BCUT2D eigenvalue weighted by Gasteiger charge is 2.48. The van der Waals surface area contributed by atoms with Gasteiger partial charge in [-0.3, -0.25) is 4.90 Å². The molecule has 5 nitrogen and oxygen atoms in total. The first-order valence-electron chi connectivity index (χ1n) is 11.7. The van der Waals surface area contributed by atoms with E-state index in [2.05, 4.69) is 82.6 Å². The number of nitrogens with zero attached hydrogens (tertiary/aromatic N) is 3. The van der Waals surface area contributed by atoms with Crippen molar-refractivity contribution in [3.8, 4) is 0 Å². The van der Waals surface area contributed by atoms with Crippen molar-refractivity contribution in [1.29, 1.82) is 0 Å². The maximum absolute atomic E-state index is 6.48. The van der Waals surface area contributed by atoms with Gasteiger partial charge in [0.15, 0.2) is 0 Å². The van der Waals surface area contributed by atoms with Crippen molar-refractivity contribution in [1.82, 2.24) is 9.80 Å². The number of aliphatic imine (C=N–C) groups is 1. The Morgan fingerprint density at radius 2 is 1.58 bits per heavy atom. The maximum atomic E-state index is 6.48. The van der Waals surface area contributed by atoms with E-state index in [0.29, 0.717) is 0 Å². The van der Waals surface area contributed by atoms with E-state index in [4.69, 9.17) is 15.5 Å². The van der Waals surface area contributed by atoms with E-state index in [1.54, 1.807) is 11.8 Å². The van der Waals surface area contributed by atoms with Crippen LogP contribution in [0.3, 0.4) is 0 Å². The van der Waals surface area contributed by atoms with Crippen molar-refractivity contribution in [3.63, 3.8) is 0 Å². The average Bonchev–Trinajstić information content (AvgIpc) is 3.67. The molecule has 0 aliphatic carbocycles. The van der Waals surface area contributed by atoms with E-state index in [1.807, 2.05) is 6.07 Å². The quantitative estimate of drug-likeness (QED) is 0.598. The van der Waals surface area contributed by atoms with Crippen LogP contribution in [0.25, 0.3) is 0 Å². The van der Waals surface area contributed by atoms with Gasteiger partial charge in [0.1, 0.15) is 18.2 Å². The number of ether oxygens (including phenoxy) is 1. The number of hydrogen-bond donors (Lipinski definition) is 1. The molecule has 6 rings (SSSR count). The van der Waals surface area contributed by atoms with Gasteiger partial charge < -0.3 is 15.4 Å². The molecule has 0 bridgehead atoms. The van der Waals surface area contributed by atoms with Gasteiger partial charge in [0, 0.05) is 47.6 Å². The molecule has 3 atom stereocenters. The average molecular weight is 457 g/mol. The van der Waals surface area contributed by atoms with E-state index in [1.165, 1.54) is 20.9 Å². The summed E-state index contributed by atoms with van der Waals surface area (Å²) in [4.78, 5) is 12.5. The standard InChI is InChI=1S/C27H28N4OS/c28-21(18-19-8-2-1-3-9-19)25-27(32-25)31-16-14-30(15-17-31)26-20-10-4-6-12-23(20)33-24-13-7-5-11-22(24)29-26/h1-13,21,25,27H,14-18,28H2. The normalized spacial score (nSPS) is 23.2. The third kappa shape index (κ3) is 4.32. The Labute approximate surface area is 199 Å². The molecule has 2 fully saturated rings. The Morgan fingerprint density at radius 3 is 2.39 bits per heavy atom. The molecule has 168 valence electrons. The Kier molecular flexibility index (Phi) is 5.68. The summed E-state index contributed by atoms with van der Waals surface area (Å²) in [6.07, 6.45) is 1.12. The van der Waals surface area contributed by atoms with Crippen LogP contribution in [0.2, 0.25) is 0 Å². The first kappa shape index (κ1) is 20.9. The predicted molar refractivity (Wildman–Crippen MR) is 133 cm³/mol. The first-order chi connectivity index (χ1) is 16.3. The molecule has 0 saturated carbocycles. The van der Waals surface area contributed by atoms with Gasteiger partial charge in [-0.1, -0.05) is 72.4 Å². The molecule has 0 spiro atoms. The highest BCUT2D eigenvalue weighted by atomic mass is 32.2. The minimum Gasteiger partial charge on any atom is -0.353 e. The van der Waals surface area contributed by atoms with Crippen LogP contribution in [-0.4, -0.2) is 60.2 Å². The van der Waals surface area contributed by atoms with E-state index in [-0.39, 0.29) is 18.4 Å². The number of benzene rings is 3. The highest BCUT2D eigenvalue weighted by Crippen LogP contribution is 2.40. The van der Waals surface area contributed by atoms with Gasteiger partial charge in [0.25, 0.3) is 0 Å². The molecular formula is C27H28N4OS. The minimum atomic E-state index is 0.0297. The molecule has 2 saturated heterocycles. The zero-order valence-corrected chi connectivity index (χ0v) is 19.3. The van der Waals surface area contributed by atoms with Gasteiger partial charge in [-0.15, -0.1) is 0 Å². The van der Waals surface area contributed by atoms with E-state index in [9.17, 15) is 0 Å². The lowest BCUT2D eigenvalue weighted by Gasteiger charge is -2.36. The second-order valence-corrected chi connectivity index (χ2v) is 9.95. The number of rotatable bonds is 4. The van der Waals surface area contributed by atoms with Crippen LogP contribution in [-0.2, 0) is 11.2 Å². The van der Waals surface area contributed by atoms with E-state index < -0.39 is 0 Å². The second-order valence-electron chi connectivity index (χ2n) is 8.87. The molecule has 0 aromatic heterocycles. The van der Waals surface area contributed by atoms with Crippen molar-refractivity contribution >= 4 is 23.3 Å². The van der Waals surface area contributed by atoms with Gasteiger partial charge in [-0.05, 0) is 30.2 Å². The summed E-state index contributed by atoms with van der Waals surface area (Å²) < 4.78 is 6.04. The van der Waals surface area contributed by atoms with Crippen molar-refractivity contribution in [2.75, 3.05) is 26.2 Å². The SMILES string of the molecule is NC(Cc1ccccc1)C1OC1N1CCN(C2=Nc3ccccc3Sc3ccccc32)CC1. The van der Waals surface area contributed by atoms with Gasteiger partial charge in [-0.2, -0.15) is 0 Å². The Bertz CT molecular complexity index is 1160. The summed E-state index contributed by atoms with van der Waals surface area (Å²) in [5.41, 5.74) is 10.0. The Hall–Kier alpha value is -2.64. The fourth-order valence-electron chi connectivity index (χ4n) is 4.82. The molecule has 3 aromatic carbocycles. The maximum Gasteiger partial charge on any atom is 0.139 e. The van der Waals surface area contributed by atoms with Gasteiger partial charge in [-0.25, -0.2) is 4.99 Å². The molecule has 2 N–H and O–H groups in total. The van der Waals surface area contributed by atoms with Gasteiger partial charge in [0.05, 0.1) is 5.69 Å². The molecule has 3 unspecified atom stereocenters. The number of nitrogens with two attached hydrogens (primary N) is 1. The van der Waals surface area contributed by atoms with Crippen LogP contribution < -0.4 is 5.73 Å². The van der Waals surface area contributed by atoms with E-state index in [0.717, 1.165) is 44.1 Å². The largest absolute Gasteiger partial charge is 0.353 e. The fraction of sp³-hybridized carbons (Fsp3) is 0.296. The Morgan fingerprint density at radius 1 is 0.879 bits per heavy atom. The molecule has 0 radical (unpaired) electrons. The lowest BCUT2D eigenvalue weighted by Crippen LogP contribution is -2.51. The van der Waals surface area contributed by atoms with Gasteiger partial charge in [0.2, 0.25) is 0 Å². The van der Waals surface area contributed by atoms with Crippen molar-refractivity contribution in [2.45, 2.75) is 34.6 Å². The predicted octanol–water partition coefficient (Wildman–Crippen LogP) is 4.14. The van der Waals surface area contributed by atoms with Crippen molar-refractivity contribution in [2.24, 2.45) is 10.7 Å². The van der Waals surface area contributed by atoms with Crippen LogP contribution in [0.4, 0.5) is 5.69 Å². The van der Waals surface area contributed by atoms with Crippen molar-refractivity contribution in [3.05, 3.63) is 90.0 Å². The number of fused-ring (bicyclic) bond motifs is 2. The van der Waals surface area contributed by atoms with Crippen LogP contribution in [0.5, 0.6) is 0 Å². The third-order valence-electron chi connectivity index (χ3n) is 6.65. The number of hydrogen-bond acceptors (Lipinski definition) is 6.